The number of H-pyrrole nitrogens is 1. The number of ether oxygens (including phenoxy) is 1. The second kappa shape index (κ2) is 5.50. The quantitative estimate of drug-likeness (QED) is 0.343. The van der Waals surface area contributed by atoms with Crippen LogP contribution < -0.4 is 4.74 Å². The molecule has 1 N–H and O–H groups in total. The van der Waals surface area contributed by atoms with E-state index in [-0.39, 0.29) is 17.1 Å². The maximum absolute atomic E-state index is 12.1. The van der Waals surface area contributed by atoms with Gasteiger partial charge in [-0.3, -0.25) is 10.1 Å². The topological polar surface area (TPSA) is 85.2 Å². The van der Waals surface area contributed by atoms with Crippen LogP contribution in [0.15, 0.2) is 48.5 Å². The van der Waals surface area contributed by atoms with Crippen LogP contribution in [0.3, 0.4) is 0 Å². The van der Waals surface area contributed by atoms with Crippen LogP contribution >= 0.6 is 11.6 Å². The third-order valence-electron chi connectivity index (χ3n) is 3.06. The van der Waals surface area contributed by atoms with Crippen molar-refractivity contribution in [3.8, 4) is 5.75 Å². The van der Waals surface area contributed by atoms with E-state index in [0.717, 1.165) is 10.9 Å². The lowest BCUT2D eigenvalue weighted by molar-refractivity contribution is -0.384. The standard InChI is InChI=1S/C15H9ClN2O4/c16-10-1-6-13-9(7-10)8-14(17-13)15(19)22-12-4-2-11(3-5-12)18(20)21/h1-8,17H. The number of hydrogen-bond acceptors (Lipinski definition) is 4. The molecule has 0 bridgehead atoms. The molecule has 0 aliphatic carbocycles. The number of nitro groups is 1. The van der Waals surface area contributed by atoms with Crippen LogP contribution in [-0.4, -0.2) is 15.9 Å². The number of aromatic nitrogens is 1. The lowest BCUT2D eigenvalue weighted by Gasteiger charge is -2.02. The predicted octanol–water partition coefficient (Wildman–Crippen LogP) is 3.95. The van der Waals surface area contributed by atoms with Gasteiger partial charge in [-0.05, 0) is 36.4 Å². The number of nitro benzene ring substituents is 1. The molecule has 0 saturated carbocycles. The Balaban J connectivity index is 1.81. The van der Waals surface area contributed by atoms with Crippen LogP contribution in [0.5, 0.6) is 5.75 Å². The second-order valence-corrected chi connectivity index (χ2v) is 4.99. The van der Waals surface area contributed by atoms with Gasteiger partial charge < -0.3 is 9.72 Å². The lowest BCUT2D eigenvalue weighted by atomic mass is 10.2. The number of benzene rings is 2. The van der Waals surface area contributed by atoms with Crippen LogP contribution in [0.25, 0.3) is 10.9 Å². The van der Waals surface area contributed by atoms with Gasteiger partial charge >= 0.3 is 5.97 Å². The summed E-state index contributed by atoms with van der Waals surface area (Å²) < 4.78 is 5.17. The van der Waals surface area contributed by atoms with Crippen molar-refractivity contribution in [2.24, 2.45) is 0 Å². The highest BCUT2D eigenvalue weighted by atomic mass is 35.5. The molecule has 0 unspecified atom stereocenters. The molecule has 3 aromatic rings. The number of hydrogen-bond donors (Lipinski definition) is 1. The van der Waals surface area contributed by atoms with Crippen molar-refractivity contribution in [1.29, 1.82) is 0 Å². The van der Waals surface area contributed by atoms with Crippen molar-refractivity contribution < 1.29 is 14.5 Å². The average Bonchev–Trinajstić information content (AvgIpc) is 2.91. The minimum atomic E-state index is -0.582. The Hall–Kier alpha value is -2.86. The van der Waals surface area contributed by atoms with Crippen molar-refractivity contribution in [3.63, 3.8) is 0 Å². The van der Waals surface area contributed by atoms with E-state index < -0.39 is 10.9 Å². The SMILES string of the molecule is O=C(Oc1ccc([N+](=O)[O-])cc1)c1cc2cc(Cl)ccc2[nH]1. The fraction of sp³-hybridized carbons (Fsp3) is 0. The molecule has 0 amide bonds. The number of nitrogens with zero attached hydrogens (tertiary/aromatic N) is 1. The first-order chi connectivity index (χ1) is 10.5. The van der Waals surface area contributed by atoms with Crippen molar-refractivity contribution in [3.05, 3.63) is 69.4 Å². The number of carbonyl (C=O) groups excluding carboxylic acids is 1. The predicted molar refractivity (Wildman–Crippen MR) is 81.4 cm³/mol. The van der Waals surface area contributed by atoms with Crippen molar-refractivity contribution in [1.82, 2.24) is 4.98 Å². The summed E-state index contributed by atoms with van der Waals surface area (Å²) in [4.78, 5) is 25.0. The van der Waals surface area contributed by atoms with E-state index in [9.17, 15) is 14.9 Å². The van der Waals surface area contributed by atoms with Gasteiger partial charge in [-0.2, -0.15) is 0 Å². The van der Waals surface area contributed by atoms with Gasteiger partial charge in [0.1, 0.15) is 11.4 Å². The summed E-state index contributed by atoms with van der Waals surface area (Å²) in [5, 5.41) is 11.9. The fourth-order valence-corrected chi connectivity index (χ4v) is 2.19. The summed E-state index contributed by atoms with van der Waals surface area (Å²) >= 11 is 5.89. The first-order valence-electron chi connectivity index (χ1n) is 6.28. The van der Waals surface area contributed by atoms with Crippen LogP contribution in [0.1, 0.15) is 10.5 Å². The van der Waals surface area contributed by atoms with Crippen molar-refractivity contribution in [2.45, 2.75) is 0 Å². The van der Waals surface area contributed by atoms with E-state index in [1.54, 1.807) is 24.3 Å². The number of rotatable bonds is 3. The van der Waals surface area contributed by atoms with Crippen LogP contribution in [0.4, 0.5) is 5.69 Å². The molecule has 3 rings (SSSR count). The number of carbonyl (C=O) groups is 1. The molecule has 22 heavy (non-hydrogen) atoms. The zero-order valence-corrected chi connectivity index (χ0v) is 11.8. The van der Waals surface area contributed by atoms with Crippen molar-refractivity contribution in [2.75, 3.05) is 0 Å². The smallest absolute Gasteiger partial charge is 0.360 e. The summed E-state index contributed by atoms with van der Waals surface area (Å²) in [5.41, 5.74) is 0.968. The zero-order valence-electron chi connectivity index (χ0n) is 11.1. The third kappa shape index (κ3) is 2.77. The van der Waals surface area contributed by atoms with E-state index in [2.05, 4.69) is 4.98 Å². The molecule has 0 radical (unpaired) electrons. The Morgan fingerprint density at radius 2 is 1.86 bits per heavy atom. The summed E-state index contributed by atoms with van der Waals surface area (Å²) in [6.07, 6.45) is 0. The highest BCUT2D eigenvalue weighted by molar-refractivity contribution is 6.31. The maximum Gasteiger partial charge on any atom is 0.360 e. The van der Waals surface area contributed by atoms with E-state index in [1.807, 2.05) is 0 Å². The third-order valence-corrected chi connectivity index (χ3v) is 3.30. The first-order valence-corrected chi connectivity index (χ1v) is 6.65. The Kier molecular flexibility index (Phi) is 3.52. The van der Waals surface area contributed by atoms with Crippen molar-refractivity contribution >= 4 is 34.2 Å². The number of aromatic amines is 1. The molecule has 2 aromatic carbocycles. The van der Waals surface area contributed by atoms with E-state index in [4.69, 9.17) is 16.3 Å². The number of nitrogens with one attached hydrogen (secondary N) is 1. The average molecular weight is 317 g/mol. The van der Waals surface area contributed by atoms with Crippen LogP contribution in [0, 0.1) is 10.1 Å². The molecule has 0 spiro atoms. The Morgan fingerprint density at radius 1 is 1.14 bits per heavy atom. The number of fused-ring (bicyclic) bond motifs is 1. The normalized spacial score (nSPS) is 10.6. The Morgan fingerprint density at radius 3 is 2.55 bits per heavy atom. The van der Waals surface area contributed by atoms with Crippen LogP contribution in [0.2, 0.25) is 5.02 Å². The first kappa shape index (κ1) is 14.1. The largest absolute Gasteiger partial charge is 0.422 e. The zero-order chi connectivity index (χ0) is 15.7. The lowest BCUT2D eigenvalue weighted by Crippen LogP contribution is -2.08. The fourth-order valence-electron chi connectivity index (χ4n) is 2.01. The molecule has 6 nitrogen and oxygen atoms in total. The Labute approximate surface area is 129 Å². The highest BCUT2D eigenvalue weighted by Crippen LogP contribution is 2.22. The molecular formula is C15H9ClN2O4. The molecule has 0 aliphatic heterocycles. The number of halogens is 1. The molecular weight excluding hydrogens is 308 g/mol. The molecule has 0 aliphatic rings. The molecule has 1 aromatic heterocycles. The van der Waals surface area contributed by atoms with E-state index in [0.29, 0.717) is 5.02 Å². The van der Waals surface area contributed by atoms with Gasteiger partial charge in [-0.15, -0.1) is 0 Å². The van der Waals surface area contributed by atoms with Gasteiger partial charge in [0.2, 0.25) is 0 Å². The molecule has 0 saturated heterocycles. The second-order valence-electron chi connectivity index (χ2n) is 4.56. The van der Waals surface area contributed by atoms with Gasteiger partial charge in [-0.25, -0.2) is 4.79 Å². The van der Waals surface area contributed by atoms with Gasteiger partial charge in [0, 0.05) is 28.1 Å². The monoisotopic (exact) mass is 316 g/mol. The summed E-state index contributed by atoms with van der Waals surface area (Å²) in [6, 6.07) is 12.1. The molecule has 0 fully saturated rings. The number of esters is 1. The van der Waals surface area contributed by atoms with E-state index in [1.165, 1.54) is 24.3 Å². The highest BCUT2D eigenvalue weighted by Gasteiger charge is 2.13. The number of non-ortho nitro benzene ring substituents is 1. The summed E-state index contributed by atoms with van der Waals surface area (Å²) in [5.74, 6) is -0.353. The van der Waals surface area contributed by atoms with Gasteiger partial charge in [-0.1, -0.05) is 11.6 Å². The molecule has 7 heteroatoms. The van der Waals surface area contributed by atoms with E-state index >= 15 is 0 Å². The summed E-state index contributed by atoms with van der Waals surface area (Å²) in [6.45, 7) is 0. The molecule has 1 heterocycles. The van der Waals surface area contributed by atoms with Gasteiger partial charge in [0.15, 0.2) is 0 Å². The maximum atomic E-state index is 12.1. The molecule has 110 valence electrons. The minimum absolute atomic E-state index is 0.0694. The van der Waals surface area contributed by atoms with Gasteiger partial charge in [0.25, 0.3) is 5.69 Å². The van der Waals surface area contributed by atoms with Crippen LogP contribution in [-0.2, 0) is 0 Å². The summed E-state index contributed by atoms with van der Waals surface area (Å²) in [7, 11) is 0. The molecule has 0 atom stereocenters. The Bertz CT molecular complexity index is 871. The minimum Gasteiger partial charge on any atom is -0.422 e. The van der Waals surface area contributed by atoms with Gasteiger partial charge in [0.05, 0.1) is 4.92 Å².